The van der Waals surface area contributed by atoms with Crippen molar-refractivity contribution in [2.45, 2.75) is 37.7 Å². The largest absolute Gasteiger partial charge is 0.451 e. The van der Waals surface area contributed by atoms with Gasteiger partial charge in [-0.05, 0) is 37.6 Å². The van der Waals surface area contributed by atoms with Crippen LogP contribution in [0.25, 0.3) is 10.9 Å². The van der Waals surface area contributed by atoms with Gasteiger partial charge < -0.3 is 19.7 Å². The molecule has 0 spiro atoms. The summed E-state index contributed by atoms with van der Waals surface area (Å²) in [5.74, 6) is -0.829. The van der Waals surface area contributed by atoms with E-state index in [0.29, 0.717) is 42.8 Å². The number of benzene rings is 1. The average molecular weight is 579 g/mol. The van der Waals surface area contributed by atoms with Crippen LogP contribution in [0.3, 0.4) is 0 Å². The number of methoxy groups -OCH3 is 1. The first-order valence-corrected chi connectivity index (χ1v) is 13.4. The second kappa shape index (κ2) is 11.8. The van der Waals surface area contributed by atoms with Crippen LogP contribution >= 0.6 is 11.6 Å². The van der Waals surface area contributed by atoms with E-state index in [2.05, 4.69) is 27.1 Å². The lowest BCUT2D eigenvalue weighted by Crippen LogP contribution is -2.44. The lowest BCUT2D eigenvalue weighted by atomic mass is 10.1. The first kappa shape index (κ1) is 28.5. The first-order chi connectivity index (χ1) is 19.2. The molecule has 0 saturated carbocycles. The van der Waals surface area contributed by atoms with E-state index >= 15 is 0 Å². The number of amides is 1. The van der Waals surface area contributed by atoms with Gasteiger partial charge in [-0.25, -0.2) is 15.0 Å². The third-order valence-corrected chi connectivity index (χ3v) is 7.76. The molecule has 40 heavy (non-hydrogen) atoms. The topological polar surface area (TPSA) is 92.7 Å². The molecule has 2 aliphatic rings. The Hall–Kier alpha value is -3.06. The van der Waals surface area contributed by atoms with Gasteiger partial charge in [0.15, 0.2) is 0 Å². The van der Waals surface area contributed by atoms with Crippen molar-refractivity contribution in [3.63, 3.8) is 0 Å². The van der Waals surface area contributed by atoms with Gasteiger partial charge in [-0.15, -0.1) is 0 Å². The number of ether oxygens (including phenoxy) is 2. The lowest BCUT2D eigenvalue weighted by molar-refractivity contribution is -0.145. The van der Waals surface area contributed by atoms with E-state index in [4.69, 9.17) is 26.1 Å². The molecule has 1 unspecified atom stereocenters. The summed E-state index contributed by atoms with van der Waals surface area (Å²) in [6.45, 7) is 4.98. The van der Waals surface area contributed by atoms with Crippen molar-refractivity contribution >= 4 is 34.2 Å². The molecule has 0 bridgehead atoms. The summed E-state index contributed by atoms with van der Waals surface area (Å²) in [7, 11) is 1.70. The fourth-order valence-electron chi connectivity index (χ4n) is 5.31. The monoisotopic (exact) mass is 578 g/mol. The number of carbonyl (C=O) groups is 1. The van der Waals surface area contributed by atoms with Crippen LogP contribution in [-0.4, -0.2) is 84.4 Å². The first-order valence-electron chi connectivity index (χ1n) is 13.0. The highest BCUT2D eigenvalue weighted by Crippen LogP contribution is 2.31. The number of aromatic nitrogens is 3. The third-order valence-electron chi connectivity index (χ3n) is 7.45. The van der Waals surface area contributed by atoms with E-state index in [9.17, 15) is 18.0 Å². The molecule has 1 aromatic carbocycles. The molecule has 3 aromatic rings. The molecule has 9 nitrogen and oxygen atoms in total. The van der Waals surface area contributed by atoms with Crippen molar-refractivity contribution in [1.82, 2.24) is 25.2 Å². The van der Waals surface area contributed by atoms with Gasteiger partial charge in [0.05, 0.1) is 41.5 Å². The molecule has 13 heteroatoms. The van der Waals surface area contributed by atoms with E-state index in [1.807, 2.05) is 17.0 Å². The van der Waals surface area contributed by atoms with Crippen molar-refractivity contribution in [3.8, 4) is 0 Å². The van der Waals surface area contributed by atoms with Crippen LogP contribution in [0.2, 0.25) is 5.02 Å². The molecule has 3 atom stereocenters. The number of nitrogens with one attached hydrogen (secondary N) is 1. The van der Waals surface area contributed by atoms with Crippen molar-refractivity contribution in [1.29, 1.82) is 0 Å². The van der Waals surface area contributed by atoms with Gasteiger partial charge in [0, 0.05) is 62.7 Å². The van der Waals surface area contributed by atoms with E-state index in [1.165, 1.54) is 0 Å². The molecule has 4 heterocycles. The van der Waals surface area contributed by atoms with Crippen LogP contribution in [0.5, 0.6) is 0 Å². The minimum absolute atomic E-state index is 0.107. The standard InChI is InChI=1S/C27H30ClF3N6O3/c1-16-11-18(39-2)15-37(16)23-6-3-19-21(35-23)5-4-20(28)24(19)25(38)32-14-22(36-7-9-40-10-8-36)17-12-33-26(34-13-17)27(29,30)31/h3-6,12-13,16,18,22H,7-11,14-15H2,1-2H3,(H,32,38)/t16-,18+,22?/m1/s1. The Balaban J connectivity index is 1.38. The highest BCUT2D eigenvalue weighted by Gasteiger charge is 2.35. The smallest absolute Gasteiger partial charge is 0.380 e. The molecule has 2 aliphatic heterocycles. The highest BCUT2D eigenvalue weighted by atomic mass is 35.5. The molecule has 2 fully saturated rings. The Labute approximate surface area is 234 Å². The minimum Gasteiger partial charge on any atom is -0.380 e. The Bertz CT molecular complexity index is 1350. The summed E-state index contributed by atoms with van der Waals surface area (Å²) in [4.78, 5) is 29.5. The fraction of sp³-hybridized carbons (Fsp3) is 0.481. The number of halogens is 4. The zero-order chi connectivity index (χ0) is 28.4. The molecule has 0 aliphatic carbocycles. The number of anilines is 1. The molecule has 2 aromatic heterocycles. The maximum absolute atomic E-state index is 13.5. The summed E-state index contributed by atoms with van der Waals surface area (Å²) >= 11 is 6.50. The quantitative estimate of drug-likeness (QED) is 0.448. The van der Waals surface area contributed by atoms with Gasteiger partial charge in [-0.1, -0.05) is 11.6 Å². The number of pyridine rings is 1. The van der Waals surface area contributed by atoms with Gasteiger partial charge in [0.25, 0.3) is 5.91 Å². The van der Waals surface area contributed by atoms with Gasteiger partial charge in [-0.3, -0.25) is 9.69 Å². The normalized spacial score (nSPS) is 21.1. The summed E-state index contributed by atoms with van der Waals surface area (Å²) in [6.07, 6.45) is -1.29. The molecule has 214 valence electrons. The van der Waals surface area contributed by atoms with E-state index in [0.717, 1.165) is 31.2 Å². The van der Waals surface area contributed by atoms with Crippen LogP contribution < -0.4 is 10.2 Å². The average Bonchev–Trinajstić information content (AvgIpc) is 3.33. The van der Waals surface area contributed by atoms with Crippen LogP contribution in [-0.2, 0) is 15.7 Å². The van der Waals surface area contributed by atoms with Crippen molar-refractivity contribution in [2.75, 3.05) is 51.4 Å². The minimum atomic E-state index is -4.64. The second-order valence-electron chi connectivity index (χ2n) is 9.97. The number of fused-ring (bicyclic) bond motifs is 1. The fourth-order valence-corrected chi connectivity index (χ4v) is 5.56. The summed E-state index contributed by atoms with van der Waals surface area (Å²) < 4.78 is 50.0. The Morgan fingerprint density at radius 3 is 2.58 bits per heavy atom. The number of alkyl halides is 3. The number of carbonyl (C=O) groups excluding carboxylic acids is 1. The van der Waals surface area contributed by atoms with Gasteiger partial charge >= 0.3 is 6.18 Å². The van der Waals surface area contributed by atoms with E-state index in [-0.39, 0.29) is 29.3 Å². The van der Waals surface area contributed by atoms with Crippen molar-refractivity contribution in [2.24, 2.45) is 0 Å². The Morgan fingerprint density at radius 2 is 1.93 bits per heavy atom. The van der Waals surface area contributed by atoms with Gasteiger partial charge in [-0.2, -0.15) is 13.2 Å². The predicted octanol–water partition coefficient (Wildman–Crippen LogP) is 4.11. The molecular weight excluding hydrogens is 549 g/mol. The maximum atomic E-state index is 13.5. The summed E-state index contributed by atoms with van der Waals surface area (Å²) in [5, 5.41) is 3.80. The van der Waals surface area contributed by atoms with Crippen LogP contribution in [0.1, 0.15) is 41.1 Å². The SMILES string of the molecule is CO[C@H]1C[C@@H](C)N(c2ccc3c(C(=O)NCC(c4cnc(C(F)(F)F)nc4)N4CCOCC4)c(Cl)ccc3n2)C1. The highest BCUT2D eigenvalue weighted by molar-refractivity contribution is 6.35. The number of hydrogen-bond acceptors (Lipinski definition) is 8. The zero-order valence-corrected chi connectivity index (χ0v) is 22.9. The number of rotatable bonds is 7. The Kier molecular flexibility index (Phi) is 8.41. The number of morpholine rings is 1. The van der Waals surface area contributed by atoms with Crippen molar-refractivity contribution < 1.29 is 27.4 Å². The van der Waals surface area contributed by atoms with Crippen LogP contribution in [0.15, 0.2) is 36.7 Å². The molecular formula is C27H30ClF3N6O3. The summed E-state index contributed by atoms with van der Waals surface area (Å²) in [6, 6.07) is 6.94. The molecule has 1 N–H and O–H groups in total. The maximum Gasteiger partial charge on any atom is 0.451 e. The molecule has 0 radical (unpaired) electrons. The molecule has 1 amide bonds. The lowest BCUT2D eigenvalue weighted by Gasteiger charge is -2.34. The van der Waals surface area contributed by atoms with Crippen LogP contribution in [0, 0.1) is 0 Å². The molecule has 2 saturated heterocycles. The number of nitrogens with zero attached hydrogens (tertiary/aromatic N) is 5. The van der Waals surface area contributed by atoms with Gasteiger partial charge in [0.1, 0.15) is 5.82 Å². The van der Waals surface area contributed by atoms with E-state index in [1.54, 1.807) is 19.2 Å². The summed E-state index contributed by atoms with van der Waals surface area (Å²) in [5.41, 5.74) is 1.37. The molecule has 5 rings (SSSR count). The Morgan fingerprint density at radius 1 is 1.20 bits per heavy atom. The zero-order valence-electron chi connectivity index (χ0n) is 22.1. The number of hydrogen-bond donors (Lipinski definition) is 1. The van der Waals surface area contributed by atoms with E-state index < -0.39 is 23.9 Å². The van der Waals surface area contributed by atoms with Crippen LogP contribution in [0.4, 0.5) is 19.0 Å². The predicted molar refractivity (Wildman–Crippen MR) is 143 cm³/mol. The third kappa shape index (κ3) is 5.99. The van der Waals surface area contributed by atoms with Crippen molar-refractivity contribution in [3.05, 3.63) is 58.6 Å². The second-order valence-corrected chi connectivity index (χ2v) is 10.4. The van der Waals surface area contributed by atoms with Gasteiger partial charge in [0.2, 0.25) is 5.82 Å².